The minimum Gasteiger partial charge on any atom is -0.381 e. The van der Waals surface area contributed by atoms with E-state index in [4.69, 9.17) is 4.74 Å². The normalized spacial score (nSPS) is 21.5. The van der Waals surface area contributed by atoms with E-state index in [0.717, 1.165) is 30.5 Å². The van der Waals surface area contributed by atoms with E-state index in [2.05, 4.69) is 17.6 Å². The first-order chi connectivity index (χ1) is 12.9. The monoisotopic (exact) mass is 373 g/mol. The van der Waals surface area contributed by atoms with Crippen molar-refractivity contribution < 1.29 is 14.3 Å². The van der Waals surface area contributed by atoms with Crippen LogP contribution in [0.1, 0.15) is 39.2 Å². The maximum absolute atomic E-state index is 13.0. The quantitative estimate of drug-likeness (QED) is 0.852. The van der Waals surface area contributed by atoms with E-state index >= 15 is 0 Å². The molecule has 1 aromatic carbocycles. The van der Waals surface area contributed by atoms with Crippen LogP contribution in [-0.2, 0) is 16.0 Å². The van der Waals surface area contributed by atoms with Crippen molar-refractivity contribution >= 4 is 17.6 Å². The van der Waals surface area contributed by atoms with Crippen molar-refractivity contribution in [2.24, 2.45) is 11.3 Å². The Balaban J connectivity index is 1.76. The van der Waals surface area contributed by atoms with Crippen LogP contribution >= 0.6 is 0 Å². The number of hydrogen-bond acceptors (Lipinski definition) is 3. The first-order valence-corrected chi connectivity index (χ1v) is 9.97. The standard InChI is InChI=1S/C21H31N3O3/c1-4-16-7-5-6-8-18(16)23-20(26)24-13-17(19(25)22-15(2)3)21(14-24)9-11-27-12-10-21/h5-8,15,17H,4,9-14H2,1-3H3,(H,22,25)(H,23,26)/t17-/m0/s1. The molecule has 1 aromatic rings. The number of para-hydroxylation sites is 1. The van der Waals surface area contributed by atoms with Gasteiger partial charge in [-0.1, -0.05) is 25.1 Å². The molecule has 0 unspecified atom stereocenters. The van der Waals surface area contributed by atoms with Crippen molar-refractivity contribution in [3.8, 4) is 0 Å². The molecule has 1 spiro atoms. The highest BCUT2D eigenvalue weighted by Gasteiger charge is 2.51. The molecule has 2 heterocycles. The highest BCUT2D eigenvalue weighted by Crippen LogP contribution is 2.44. The molecule has 2 aliphatic rings. The minimum absolute atomic E-state index is 0.0520. The Morgan fingerprint density at radius 3 is 2.63 bits per heavy atom. The molecule has 3 amide bonds. The first kappa shape index (κ1) is 19.7. The van der Waals surface area contributed by atoms with E-state index in [1.54, 1.807) is 0 Å². The molecule has 0 aliphatic carbocycles. The molecule has 2 N–H and O–H groups in total. The van der Waals surface area contributed by atoms with Gasteiger partial charge in [0.2, 0.25) is 5.91 Å². The molecule has 0 radical (unpaired) electrons. The highest BCUT2D eigenvalue weighted by atomic mass is 16.5. The maximum atomic E-state index is 13.0. The summed E-state index contributed by atoms with van der Waals surface area (Å²) in [6.07, 6.45) is 2.49. The number of urea groups is 1. The number of carbonyl (C=O) groups excluding carboxylic acids is 2. The molecule has 0 saturated carbocycles. The van der Waals surface area contributed by atoms with Gasteiger partial charge < -0.3 is 20.3 Å². The number of rotatable bonds is 4. The molecule has 6 heteroatoms. The topological polar surface area (TPSA) is 70.7 Å². The van der Waals surface area contributed by atoms with Crippen LogP contribution in [0.5, 0.6) is 0 Å². The van der Waals surface area contributed by atoms with Crippen LogP contribution in [0.15, 0.2) is 24.3 Å². The number of nitrogens with zero attached hydrogens (tertiary/aromatic N) is 1. The summed E-state index contributed by atoms with van der Waals surface area (Å²) in [6, 6.07) is 7.83. The minimum atomic E-state index is -0.184. The number of anilines is 1. The molecule has 2 saturated heterocycles. The molecule has 27 heavy (non-hydrogen) atoms. The smallest absolute Gasteiger partial charge is 0.321 e. The van der Waals surface area contributed by atoms with Crippen LogP contribution in [0.2, 0.25) is 0 Å². The molecule has 2 fully saturated rings. The van der Waals surface area contributed by atoms with Crippen LogP contribution < -0.4 is 10.6 Å². The molecular formula is C21H31N3O3. The van der Waals surface area contributed by atoms with Crippen molar-refractivity contribution in [1.82, 2.24) is 10.2 Å². The Kier molecular flexibility index (Phi) is 6.05. The van der Waals surface area contributed by atoms with Crippen LogP contribution in [0, 0.1) is 11.3 Å². The molecule has 0 bridgehead atoms. The van der Waals surface area contributed by atoms with Crippen molar-refractivity contribution in [1.29, 1.82) is 0 Å². The van der Waals surface area contributed by atoms with Crippen molar-refractivity contribution in [3.05, 3.63) is 29.8 Å². The van der Waals surface area contributed by atoms with Gasteiger partial charge in [-0.15, -0.1) is 0 Å². The average Bonchev–Trinajstić information content (AvgIpc) is 3.01. The van der Waals surface area contributed by atoms with Crippen LogP contribution in [-0.4, -0.2) is 49.2 Å². The maximum Gasteiger partial charge on any atom is 0.321 e. The Morgan fingerprint density at radius 1 is 1.26 bits per heavy atom. The van der Waals surface area contributed by atoms with E-state index in [1.165, 1.54) is 0 Å². The third-order valence-electron chi connectivity index (χ3n) is 5.81. The molecule has 148 valence electrons. The number of aryl methyl sites for hydroxylation is 1. The number of ether oxygens (including phenoxy) is 1. The van der Waals surface area contributed by atoms with E-state index in [1.807, 2.05) is 43.0 Å². The summed E-state index contributed by atoms with van der Waals surface area (Å²) in [4.78, 5) is 27.6. The third-order valence-corrected chi connectivity index (χ3v) is 5.81. The zero-order chi connectivity index (χ0) is 19.4. The summed E-state index contributed by atoms with van der Waals surface area (Å²) < 4.78 is 5.54. The van der Waals surface area contributed by atoms with Gasteiger partial charge >= 0.3 is 6.03 Å². The van der Waals surface area contributed by atoms with Crippen LogP contribution in [0.25, 0.3) is 0 Å². The molecule has 2 aliphatic heterocycles. The Bertz CT molecular complexity index is 683. The number of likely N-dealkylation sites (tertiary alicyclic amines) is 1. The van der Waals surface area contributed by atoms with E-state index in [-0.39, 0.29) is 29.3 Å². The lowest BCUT2D eigenvalue weighted by Gasteiger charge is -2.37. The molecule has 0 aromatic heterocycles. The van der Waals surface area contributed by atoms with Gasteiger partial charge in [0.05, 0.1) is 5.92 Å². The van der Waals surface area contributed by atoms with Gasteiger partial charge in [-0.3, -0.25) is 4.79 Å². The highest BCUT2D eigenvalue weighted by molar-refractivity contribution is 5.91. The van der Waals surface area contributed by atoms with Crippen LogP contribution in [0.4, 0.5) is 10.5 Å². The molecular weight excluding hydrogens is 342 g/mol. The fourth-order valence-corrected chi connectivity index (χ4v) is 4.30. The lowest BCUT2D eigenvalue weighted by Crippen LogP contribution is -2.46. The summed E-state index contributed by atoms with van der Waals surface area (Å²) in [7, 11) is 0. The summed E-state index contributed by atoms with van der Waals surface area (Å²) in [5.41, 5.74) is 1.78. The van der Waals surface area contributed by atoms with Gasteiger partial charge in [-0.25, -0.2) is 4.79 Å². The summed E-state index contributed by atoms with van der Waals surface area (Å²) in [5, 5.41) is 6.10. The lowest BCUT2D eigenvalue weighted by molar-refractivity contribution is -0.130. The zero-order valence-corrected chi connectivity index (χ0v) is 16.6. The van der Waals surface area contributed by atoms with Gasteiger partial charge in [-0.05, 0) is 44.7 Å². The number of benzene rings is 1. The van der Waals surface area contributed by atoms with E-state index < -0.39 is 0 Å². The predicted octanol–water partition coefficient (Wildman–Crippen LogP) is 3.03. The van der Waals surface area contributed by atoms with Crippen molar-refractivity contribution in [2.45, 2.75) is 46.1 Å². The van der Waals surface area contributed by atoms with Gasteiger partial charge in [0.25, 0.3) is 0 Å². The van der Waals surface area contributed by atoms with Crippen molar-refractivity contribution in [3.63, 3.8) is 0 Å². The second-order valence-corrected chi connectivity index (χ2v) is 8.01. The molecule has 3 rings (SSSR count). The van der Waals surface area contributed by atoms with Crippen LogP contribution in [0.3, 0.4) is 0 Å². The van der Waals surface area contributed by atoms with Gasteiger partial charge in [-0.2, -0.15) is 0 Å². The van der Waals surface area contributed by atoms with Gasteiger partial charge in [0, 0.05) is 43.4 Å². The summed E-state index contributed by atoms with van der Waals surface area (Å²) in [5.74, 6) is -0.132. The van der Waals surface area contributed by atoms with Crippen molar-refractivity contribution in [2.75, 3.05) is 31.6 Å². The Morgan fingerprint density at radius 2 is 1.96 bits per heavy atom. The number of carbonyl (C=O) groups is 2. The second kappa shape index (κ2) is 8.30. The van der Waals surface area contributed by atoms with E-state index in [0.29, 0.717) is 26.3 Å². The lowest BCUT2D eigenvalue weighted by atomic mass is 9.71. The van der Waals surface area contributed by atoms with Gasteiger partial charge in [0.1, 0.15) is 0 Å². The fourth-order valence-electron chi connectivity index (χ4n) is 4.30. The summed E-state index contributed by atoms with van der Waals surface area (Å²) in [6.45, 7) is 8.37. The fraction of sp³-hybridized carbons (Fsp3) is 0.619. The van der Waals surface area contributed by atoms with Gasteiger partial charge in [0.15, 0.2) is 0 Å². The first-order valence-electron chi connectivity index (χ1n) is 9.97. The molecule has 1 atom stereocenters. The predicted molar refractivity (Wildman–Crippen MR) is 106 cm³/mol. The molecule has 6 nitrogen and oxygen atoms in total. The number of hydrogen-bond donors (Lipinski definition) is 2. The largest absolute Gasteiger partial charge is 0.381 e. The number of amides is 3. The average molecular weight is 373 g/mol. The Labute approximate surface area is 161 Å². The number of nitrogens with one attached hydrogen (secondary N) is 2. The Hall–Kier alpha value is -2.08. The summed E-state index contributed by atoms with van der Waals surface area (Å²) >= 11 is 0. The zero-order valence-electron chi connectivity index (χ0n) is 16.6. The second-order valence-electron chi connectivity index (χ2n) is 8.01. The third kappa shape index (κ3) is 4.26. The van der Waals surface area contributed by atoms with E-state index in [9.17, 15) is 9.59 Å². The SMILES string of the molecule is CCc1ccccc1NC(=O)N1C[C@@H](C(=O)NC(C)C)C2(CCOCC2)C1.